The van der Waals surface area contributed by atoms with E-state index in [0.29, 0.717) is 24.6 Å². The first-order valence-electron chi connectivity index (χ1n) is 7.85. The fourth-order valence-electron chi connectivity index (χ4n) is 2.86. The van der Waals surface area contributed by atoms with Crippen LogP contribution in [0.25, 0.3) is 0 Å². The summed E-state index contributed by atoms with van der Waals surface area (Å²) in [6.45, 7) is 2.50. The quantitative estimate of drug-likeness (QED) is 0.818. The molecule has 3 rings (SSSR count). The normalized spacial score (nSPS) is 22.2. The summed E-state index contributed by atoms with van der Waals surface area (Å²) in [5.74, 6) is 0.359. The van der Waals surface area contributed by atoms with Gasteiger partial charge in [-0.2, -0.15) is 0 Å². The monoisotopic (exact) mass is 289 g/mol. The third-order valence-electron chi connectivity index (χ3n) is 4.09. The molecule has 6 nitrogen and oxygen atoms in total. The molecule has 1 unspecified atom stereocenters. The molecule has 6 heteroatoms. The average molecular weight is 289 g/mol. The molecule has 2 N–H and O–H groups in total. The Morgan fingerprint density at radius 2 is 2.10 bits per heavy atom. The lowest BCUT2D eigenvalue weighted by atomic mass is 10.0. The average Bonchev–Trinajstić information content (AvgIpc) is 3.33. The lowest BCUT2D eigenvalue weighted by Gasteiger charge is -2.30. The zero-order chi connectivity index (χ0) is 14.5. The van der Waals surface area contributed by atoms with Crippen LogP contribution in [0.3, 0.4) is 0 Å². The van der Waals surface area contributed by atoms with E-state index in [9.17, 15) is 4.79 Å². The molecule has 1 aromatic heterocycles. The van der Waals surface area contributed by atoms with Gasteiger partial charge in [0.1, 0.15) is 0 Å². The van der Waals surface area contributed by atoms with Gasteiger partial charge >= 0.3 is 0 Å². The first-order valence-corrected chi connectivity index (χ1v) is 7.85. The van der Waals surface area contributed by atoms with Crippen molar-refractivity contribution in [1.82, 2.24) is 20.2 Å². The Bertz CT molecular complexity index is 456. The first-order chi connectivity index (χ1) is 10.3. The maximum atomic E-state index is 12.1. The van der Waals surface area contributed by atoms with E-state index in [0.717, 1.165) is 13.1 Å². The first kappa shape index (κ1) is 14.4. The predicted octanol–water partition coefficient (Wildman–Crippen LogP) is 1.02. The summed E-state index contributed by atoms with van der Waals surface area (Å²) in [5.41, 5.74) is 0. The number of rotatable bonds is 6. The van der Waals surface area contributed by atoms with Gasteiger partial charge in [0, 0.05) is 31.0 Å². The summed E-state index contributed by atoms with van der Waals surface area (Å²) in [5, 5.41) is 6.33. The van der Waals surface area contributed by atoms with E-state index in [4.69, 9.17) is 0 Å². The summed E-state index contributed by atoms with van der Waals surface area (Å²) in [7, 11) is 0. The van der Waals surface area contributed by atoms with E-state index in [1.54, 1.807) is 18.5 Å². The maximum Gasteiger partial charge on any atom is 0.240 e. The molecule has 1 saturated heterocycles. The van der Waals surface area contributed by atoms with E-state index < -0.39 is 0 Å². The van der Waals surface area contributed by atoms with Gasteiger partial charge in [-0.15, -0.1) is 0 Å². The van der Waals surface area contributed by atoms with Crippen LogP contribution in [0.1, 0.15) is 32.1 Å². The zero-order valence-electron chi connectivity index (χ0n) is 12.3. The topological polar surface area (TPSA) is 70.2 Å². The van der Waals surface area contributed by atoms with Crippen molar-refractivity contribution >= 4 is 11.9 Å². The Kier molecular flexibility index (Phi) is 4.77. The summed E-state index contributed by atoms with van der Waals surface area (Å²) in [6.07, 6.45) is 9.46. The second-order valence-electron chi connectivity index (χ2n) is 5.93. The van der Waals surface area contributed by atoms with Gasteiger partial charge in [0.05, 0.1) is 6.54 Å². The van der Waals surface area contributed by atoms with Gasteiger partial charge < -0.3 is 5.32 Å². The number of carbonyl (C=O) groups is 1. The lowest BCUT2D eigenvalue weighted by molar-refractivity contribution is -0.117. The largest absolute Gasteiger partial charge is 0.313 e. The van der Waals surface area contributed by atoms with Crippen molar-refractivity contribution in [3.8, 4) is 0 Å². The minimum atomic E-state index is -0.0242. The predicted molar refractivity (Wildman–Crippen MR) is 80.9 cm³/mol. The van der Waals surface area contributed by atoms with Crippen LogP contribution in [0.4, 0.5) is 5.95 Å². The van der Waals surface area contributed by atoms with E-state index in [-0.39, 0.29) is 5.91 Å². The summed E-state index contributed by atoms with van der Waals surface area (Å²) >= 11 is 0. The second kappa shape index (κ2) is 6.95. The van der Waals surface area contributed by atoms with Gasteiger partial charge in [0.25, 0.3) is 0 Å². The number of amides is 1. The second-order valence-corrected chi connectivity index (χ2v) is 5.93. The third kappa shape index (κ3) is 4.47. The van der Waals surface area contributed by atoms with Gasteiger partial charge in [-0.25, -0.2) is 9.97 Å². The van der Waals surface area contributed by atoms with E-state index in [1.165, 1.54) is 32.1 Å². The van der Waals surface area contributed by atoms with Gasteiger partial charge in [0.2, 0.25) is 11.9 Å². The fourth-order valence-corrected chi connectivity index (χ4v) is 2.86. The molecular formula is C15H23N5O. The molecule has 1 amide bonds. The van der Waals surface area contributed by atoms with E-state index >= 15 is 0 Å². The molecule has 1 aliphatic heterocycles. The minimum Gasteiger partial charge on any atom is -0.313 e. The van der Waals surface area contributed by atoms with Crippen LogP contribution in [0.5, 0.6) is 0 Å². The number of nitrogens with zero attached hydrogens (tertiary/aromatic N) is 3. The maximum absolute atomic E-state index is 12.1. The van der Waals surface area contributed by atoms with Gasteiger partial charge in [0.15, 0.2) is 0 Å². The molecule has 1 aromatic rings. The molecule has 0 aromatic carbocycles. The van der Waals surface area contributed by atoms with E-state index in [1.807, 2.05) is 0 Å². The molecular weight excluding hydrogens is 266 g/mol. The van der Waals surface area contributed by atoms with Crippen molar-refractivity contribution in [1.29, 1.82) is 0 Å². The minimum absolute atomic E-state index is 0.0242. The molecule has 2 heterocycles. The number of hydrogen-bond acceptors (Lipinski definition) is 5. The van der Waals surface area contributed by atoms with Crippen molar-refractivity contribution in [2.75, 3.05) is 25.0 Å². The molecule has 0 radical (unpaired) electrons. The Balaban J connectivity index is 1.51. The molecule has 2 aliphatic rings. The van der Waals surface area contributed by atoms with Crippen molar-refractivity contribution in [3.05, 3.63) is 18.5 Å². The zero-order valence-corrected chi connectivity index (χ0v) is 12.3. The van der Waals surface area contributed by atoms with Gasteiger partial charge in [-0.05, 0) is 38.3 Å². The lowest BCUT2D eigenvalue weighted by Crippen LogP contribution is -2.46. The molecule has 0 spiro atoms. The smallest absolute Gasteiger partial charge is 0.240 e. The molecule has 1 atom stereocenters. The van der Waals surface area contributed by atoms with Crippen molar-refractivity contribution in [2.45, 2.75) is 44.2 Å². The highest BCUT2D eigenvalue weighted by molar-refractivity contribution is 5.90. The highest BCUT2D eigenvalue weighted by Crippen LogP contribution is 2.27. The molecule has 21 heavy (non-hydrogen) atoms. The van der Waals surface area contributed by atoms with Crippen LogP contribution in [0.2, 0.25) is 0 Å². The number of carbonyl (C=O) groups excluding carboxylic acids is 1. The van der Waals surface area contributed by atoms with Crippen LogP contribution < -0.4 is 10.6 Å². The standard InChI is InChI=1S/C15H23N5O/c21-14(19-15-17-8-3-9-18-15)11-20(13-5-6-13)10-12-4-1-2-7-16-12/h3,8-9,12-13,16H,1-2,4-7,10-11H2,(H,17,18,19,21). The number of aromatic nitrogens is 2. The van der Waals surface area contributed by atoms with E-state index in [2.05, 4.69) is 25.5 Å². The number of hydrogen-bond donors (Lipinski definition) is 2. The van der Waals surface area contributed by atoms with Crippen LogP contribution >= 0.6 is 0 Å². The fraction of sp³-hybridized carbons (Fsp3) is 0.667. The third-order valence-corrected chi connectivity index (χ3v) is 4.09. The van der Waals surface area contributed by atoms with Crippen molar-refractivity contribution < 1.29 is 4.79 Å². The van der Waals surface area contributed by atoms with Crippen LogP contribution in [-0.2, 0) is 4.79 Å². The van der Waals surface area contributed by atoms with Gasteiger partial charge in [-0.1, -0.05) is 6.42 Å². The Hall–Kier alpha value is -1.53. The molecule has 114 valence electrons. The molecule has 2 fully saturated rings. The number of anilines is 1. The molecule has 1 aliphatic carbocycles. The van der Waals surface area contributed by atoms with Crippen LogP contribution in [0.15, 0.2) is 18.5 Å². The summed E-state index contributed by atoms with van der Waals surface area (Å²) < 4.78 is 0. The van der Waals surface area contributed by atoms with Crippen LogP contribution in [-0.4, -0.2) is 52.5 Å². The summed E-state index contributed by atoms with van der Waals surface area (Å²) in [4.78, 5) is 22.5. The Labute approximate surface area is 125 Å². The number of piperidine rings is 1. The highest BCUT2D eigenvalue weighted by atomic mass is 16.2. The van der Waals surface area contributed by atoms with Gasteiger partial charge in [-0.3, -0.25) is 15.0 Å². The SMILES string of the molecule is O=C(CN(CC1CCCCN1)C1CC1)Nc1ncccn1. The number of nitrogens with one attached hydrogen (secondary N) is 2. The highest BCUT2D eigenvalue weighted by Gasteiger charge is 2.32. The molecule has 0 bridgehead atoms. The van der Waals surface area contributed by atoms with Crippen LogP contribution in [0, 0.1) is 0 Å². The Morgan fingerprint density at radius 1 is 1.29 bits per heavy atom. The molecule has 1 saturated carbocycles. The van der Waals surface area contributed by atoms with Crippen molar-refractivity contribution in [3.63, 3.8) is 0 Å². The summed E-state index contributed by atoms with van der Waals surface area (Å²) in [6, 6.07) is 2.84. The Morgan fingerprint density at radius 3 is 2.76 bits per heavy atom. The van der Waals surface area contributed by atoms with Crippen molar-refractivity contribution in [2.24, 2.45) is 0 Å².